The molecule has 0 amide bonds. The summed E-state index contributed by atoms with van der Waals surface area (Å²) in [5, 5.41) is 0.814. The third-order valence-electron chi connectivity index (χ3n) is 2.49. The molecule has 0 heterocycles. The highest BCUT2D eigenvalue weighted by Crippen LogP contribution is 2.22. The van der Waals surface area contributed by atoms with Gasteiger partial charge in [0.1, 0.15) is 0 Å². The minimum atomic E-state index is 0. The van der Waals surface area contributed by atoms with Gasteiger partial charge in [-0.15, -0.1) is 12.4 Å². The predicted octanol–water partition coefficient (Wildman–Crippen LogP) is 4.26. The van der Waals surface area contributed by atoms with Gasteiger partial charge in [-0.05, 0) is 30.5 Å². The van der Waals surface area contributed by atoms with E-state index in [-0.39, 0.29) is 18.4 Å². The van der Waals surface area contributed by atoms with Crippen LogP contribution < -0.4 is 5.73 Å². The van der Waals surface area contributed by atoms with E-state index >= 15 is 0 Å². The zero-order valence-electron chi connectivity index (χ0n) is 9.29. The Balaban J connectivity index is 0.00000196. The summed E-state index contributed by atoms with van der Waals surface area (Å²) >= 11 is 6.04. The molecule has 0 saturated heterocycles. The van der Waals surface area contributed by atoms with Gasteiger partial charge in [-0.1, -0.05) is 43.5 Å². The minimum absolute atomic E-state index is 0. The van der Waals surface area contributed by atoms with E-state index < -0.39 is 0 Å². The Morgan fingerprint density at radius 2 is 2.07 bits per heavy atom. The lowest BCUT2D eigenvalue weighted by Gasteiger charge is -2.12. The maximum absolute atomic E-state index is 6.04. The molecule has 1 rings (SSSR count). The SMILES string of the molecule is CCCC[C@H](N)c1ccc(C)c(Cl)c1.Cl. The van der Waals surface area contributed by atoms with Crippen molar-refractivity contribution in [2.45, 2.75) is 39.2 Å². The highest BCUT2D eigenvalue weighted by Gasteiger charge is 2.06. The summed E-state index contributed by atoms with van der Waals surface area (Å²) in [6.45, 7) is 4.18. The van der Waals surface area contributed by atoms with Crippen LogP contribution in [0.25, 0.3) is 0 Å². The molecule has 86 valence electrons. The van der Waals surface area contributed by atoms with Crippen molar-refractivity contribution in [2.24, 2.45) is 5.73 Å². The summed E-state index contributed by atoms with van der Waals surface area (Å²) in [6.07, 6.45) is 3.40. The van der Waals surface area contributed by atoms with E-state index in [1.165, 1.54) is 12.8 Å². The van der Waals surface area contributed by atoms with Crippen LogP contribution in [0.3, 0.4) is 0 Å². The zero-order chi connectivity index (χ0) is 10.6. The third-order valence-corrected chi connectivity index (χ3v) is 2.90. The fourth-order valence-electron chi connectivity index (χ4n) is 1.43. The molecule has 1 nitrogen and oxygen atoms in total. The molecule has 0 aliphatic heterocycles. The number of aryl methyl sites for hydroxylation is 1. The Labute approximate surface area is 103 Å². The molecule has 0 spiro atoms. The molecule has 1 aromatic rings. The second kappa shape index (κ2) is 7.10. The molecular formula is C12H19Cl2N. The molecule has 0 unspecified atom stereocenters. The van der Waals surface area contributed by atoms with Crippen molar-refractivity contribution >= 4 is 24.0 Å². The van der Waals surface area contributed by atoms with Gasteiger partial charge in [0.25, 0.3) is 0 Å². The summed E-state index contributed by atoms with van der Waals surface area (Å²) in [4.78, 5) is 0. The van der Waals surface area contributed by atoms with Crippen molar-refractivity contribution in [1.82, 2.24) is 0 Å². The maximum atomic E-state index is 6.04. The number of halogens is 2. The fourth-order valence-corrected chi connectivity index (χ4v) is 1.62. The monoisotopic (exact) mass is 247 g/mol. The third kappa shape index (κ3) is 4.42. The lowest BCUT2D eigenvalue weighted by atomic mass is 10.0. The first-order valence-corrected chi connectivity index (χ1v) is 5.54. The van der Waals surface area contributed by atoms with E-state index in [0.717, 1.165) is 22.6 Å². The predicted molar refractivity (Wildman–Crippen MR) is 69.9 cm³/mol. The second-order valence-electron chi connectivity index (χ2n) is 3.76. The van der Waals surface area contributed by atoms with E-state index in [0.29, 0.717) is 0 Å². The van der Waals surface area contributed by atoms with Crippen molar-refractivity contribution in [3.05, 3.63) is 34.3 Å². The Hall–Kier alpha value is -0.240. The van der Waals surface area contributed by atoms with E-state index in [2.05, 4.69) is 13.0 Å². The van der Waals surface area contributed by atoms with Crippen LogP contribution >= 0.6 is 24.0 Å². The van der Waals surface area contributed by atoms with E-state index in [9.17, 15) is 0 Å². The van der Waals surface area contributed by atoms with Gasteiger partial charge in [-0.2, -0.15) is 0 Å². The van der Waals surface area contributed by atoms with Crippen LogP contribution in [0.15, 0.2) is 18.2 Å². The normalized spacial score (nSPS) is 12.0. The van der Waals surface area contributed by atoms with Crippen LogP contribution in [-0.4, -0.2) is 0 Å². The molecule has 1 aromatic carbocycles. The van der Waals surface area contributed by atoms with Gasteiger partial charge in [-0.25, -0.2) is 0 Å². The average molecular weight is 248 g/mol. The van der Waals surface area contributed by atoms with Gasteiger partial charge in [0.05, 0.1) is 0 Å². The molecule has 0 aliphatic rings. The van der Waals surface area contributed by atoms with Crippen molar-refractivity contribution < 1.29 is 0 Å². The van der Waals surface area contributed by atoms with Gasteiger partial charge in [0.15, 0.2) is 0 Å². The lowest BCUT2D eigenvalue weighted by molar-refractivity contribution is 0.603. The summed E-state index contributed by atoms with van der Waals surface area (Å²) in [6, 6.07) is 6.22. The molecule has 0 bridgehead atoms. The largest absolute Gasteiger partial charge is 0.324 e. The van der Waals surface area contributed by atoms with Gasteiger partial charge < -0.3 is 5.73 Å². The topological polar surface area (TPSA) is 26.0 Å². The Bertz CT molecular complexity index is 300. The average Bonchev–Trinajstić information content (AvgIpc) is 2.18. The van der Waals surface area contributed by atoms with E-state index in [4.69, 9.17) is 17.3 Å². The highest BCUT2D eigenvalue weighted by atomic mass is 35.5. The summed E-state index contributed by atoms with van der Waals surface area (Å²) in [5.74, 6) is 0. The van der Waals surface area contributed by atoms with E-state index in [1.54, 1.807) is 0 Å². The lowest BCUT2D eigenvalue weighted by Crippen LogP contribution is -2.09. The molecular weight excluding hydrogens is 229 g/mol. The number of hydrogen-bond donors (Lipinski definition) is 1. The molecule has 3 heteroatoms. The van der Waals surface area contributed by atoms with Gasteiger partial charge >= 0.3 is 0 Å². The van der Waals surface area contributed by atoms with Crippen molar-refractivity contribution in [2.75, 3.05) is 0 Å². The van der Waals surface area contributed by atoms with Crippen molar-refractivity contribution in [1.29, 1.82) is 0 Å². The molecule has 0 radical (unpaired) electrons. The summed E-state index contributed by atoms with van der Waals surface area (Å²) in [5.41, 5.74) is 8.30. The van der Waals surface area contributed by atoms with Crippen LogP contribution in [0.4, 0.5) is 0 Å². The minimum Gasteiger partial charge on any atom is -0.324 e. The molecule has 0 aromatic heterocycles. The Morgan fingerprint density at radius 3 is 2.60 bits per heavy atom. The first-order valence-electron chi connectivity index (χ1n) is 5.16. The molecule has 0 aliphatic carbocycles. The molecule has 2 N–H and O–H groups in total. The van der Waals surface area contributed by atoms with Crippen LogP contribution in [0.5, 0.6) is 0 Å². The number of nitrogens with two attached hydrogens (primary N) is 1. The molecule has 0 saturated carbocycles. The van der Waals surface area contributed by atoms with Crippen molar-refractivity contribution in [3.8, 4) is 0 Å². The zero-order valence-corrected chi connectivity index (χ0v) is 10.9. The van der Waals surface area contributed by atoms with Crippen LogP contribution in [0, 0.1) is 6.92 Å². The van der Waals surface area contributed by atoms with E-state index in [1.807, 2.05) is 19.1 Å². The smallest absolute Gasteiger partial charge is 0.0438 e. The standard InChI is InChI=1S/C12H18ClN.ClH/c1-3-4-5-12(14)10-7-6-9(2)11(13)8-10;/h6-8,12H,3-5,14H2,1-2H3;1H/t12-;/m0./s1. The Morgan fingerprint density at radius 1 is 1.40 bits per heavy atom. The molecule has 0 fully saturated rings. The van der Waals surface area contributed by atoms with Crippen molar-refractivity contribution in [3.63, 3.8) is 0 Å². The summed E-state index contributed by atoms with van der Waals surface area (Å²) < 4.78 is 0. The first-order chi connectivity index (χ1) is 6.65. The van der Waals surface area contributed by atoms with Crippen LogP contribution in [0.2, 0.25) is 5.02 Å². The van der Waals surface area contributed by atoms with Gasteiger partial charge in [0, 0.05) is 11.1 Å². The fraction of sp³-hybridized carbons (Fsp3) is 0.500. The number of rotatable bonds is 4. The quantitative estimate of drug-likeness (QED) is 0.846. The number of unbranched alkanes of at least 4 members (excludes halogenated alkanes) is 1. The number of benzene rings is 1. The summed E-state index contributed by atoms with van der Waals surface area (Å²) in [7, 11) is 0. The van der Waals surface area contributed by atoms with Gasteiger partial charge in [0.2, 0.25) is 0 Å². The Kier molecular flexibility index (Phi) is 6.99. The maximum Gasteiger partial charge on any atom is 0.0438 e. The number of hydrogen-bond acceptors (Lipinski definition) is 1. The van der Waals surface area contributed by atoms with Crippen LogP contribution in [0.1, 0.15) is 43.4 Å². The van der Waals surface area contributed by atoms with Gasteiger partial charge in [-0.3, -0.25) is 0 Å². The van der Waals surface area contributed by atoms with Crippen LogP contribution in [-0.2, 0) is 0 Å². The molecule has 15 heavy (non-hydrogen) atoms. The first kappa shape index (κ1) is 14.8. The second-order valence-corrected chi connectivity index (χ2v) is 4.16. The highest BCUT2D eigenvalue weighted by molar-refractivity contribution is 6.31. The molecule has 1 atom stereocenters.